The van der Waals surface area contributed by atoms with E-state index < -0.39 is 0 Å². The fraction of sp³-hybridized carbons (Fsp3) is 0.727. The zero-order valence-electron chi connectivity index (χ0n) is 8.56. The zero-order valence-corrected chi connectivity index (χ0v) is 8.56. The molecule has 13 heavy (non-hydrogen) atoms. The predicted octanol–water partition coefficient (Wildman–Crippen LogP) is 2.52. The molecule has 0 aliphatic rings. The molecule has 0 N–H and O–H groups in total. The van der Waals surface area contributed by atoms with Gasteiger partial charge in [0.15, 0.2) is 0 Å². The van der Waals surface area contributed by atoms with E-state index in [0.29, 0.717) is 19.4 Å². The van der Waals surface area contributed by atoms with E-state index in [2.05, 4.69) is 18.8 Å². The molecular weight excluding hydrogens is 164 g/mol. The Morgan fingerprint density at radius 3 is 2.46 bits per heavy atom. The fourth-order valence-electron chi connectivity index (χ4n) is 0.754. The van der Waals surface area contributed by atoms with Gasteiger partial charge in [0.05, 0.1) is 13.0 Å². The fourth-order valence-corrected chi connectivity index (χ4v) is 0.754. The van der Waals surface area contributed by atoms with Crippen molar-refractivity contribution in [1.29, 1.82) is 0 Å². The molecule has 0 amide bonds. The third-order valence-electron chi connectivity index (χ3n) is 1.42. The molecule has 0 aliphatic heterocycles. The minimum Gasteiger partial charge on any atom is -0.466 e. The molecule has 2 nitrogen and oxygen atoms in total. The average Bonchev–Trinajstić information content (AvgIpc) is 2.14. The summed E-state index contributed by atoms with van der Waals surface area (Å²) in [7, 11) is 0. The summed E-state index contributed by atoms with van der Waals surface area (Å²) >= 11 is 0. The molecule has 0 radical (unpaired) electrons. The smallest absolute Gasteiger partial charge is 0.306 e. The first-order chi connectivity index (χ1) is 6.31. The molecule has 0 heterocycles. The highest BCUT2D eigenvalue weighted by Gasteiger charge is 1.98. The lowest BCUT2D eigenvalue weighted by Crippen LogP contribution is -2.04. The van der Waals surface area contributed by atoms with Gasteiger partial charge >= 0.3 is 5.97 Å². The van der Waals surface area contributed by atoms with Crippen molar-refractivity contribution in [3.05, 3.63) is 0 Å². The molecular formula is C11H18O2. The number of carbonyl (C=O) groups excluding carboxylic acids is 1. The first-order valence-corrected chi connectivity index (χ1v) is 4.92. The summed E-state index contributed by atoms with van der Waals surface area (Å²) in [6.45, 7) is 4.60. The van der Waals surface area contributed by atoms with E-state index in [1.165, 1.54) is 0 Å². The number of hydrogen-bond acceptors (Lipinski definition) is 2. The maximum absolute atomic E-state index is 10.9. The summed E-state index contributed by atoms with van der Waals surface area (Å²) in [5.74, 6) is 5.80. The molecule has 0 saturated carbocycles. The number of rotatable bonds is 5. The summed E-state index contributed by atoms with van der Waals surface area (Å²) in [5, 5.41) is 0. The highest BCUT2D eigenvalue weighted by molar-refractivity contribution is 5.69. The molecule has 2 heteroatoms. The maximum Gasteiger partial charge on any atom is 0.306 e. The molecule has 0 aromatic carbocycles. The van der Waals surface area contributed by atoms with Crippen LogP contribution in [0.4, 0.5) is 0 Å². The average molecular weight is 182 g/mol. The molecule has 74 valence electrons. The van der Waals surface area contributed by atoms with Crippen LogP contribution in [0.2, 0.25) is 0 Å². The molecule has 0 aromatic rings. The first-order valence-electron chi connectivity index (χ1n) is 4.92. The Morgan fingerprint density at radius 2 is 1.85 bits per heavy atom. The summed E-state index contributed by atoms with van der Waals surface area (Å²) in [6, 6.07) is 0. The predicted molar refractivity (Wildman–Crippen MR) is 53.2 cm³/mol. The summed E-state index contributed by atoms with van der Waals surface area (Å²) < 4.78 is 4.89. The van der Waals surface area contributed by atoms with Crippen molar-refractivity contribution in [3.8, 4) is 11.8 Å². The third-order valence-corrected chi connectivity index (χ3v) is 1.42. The molecule has 0 fully saturated rings. The van der Waals surface area contributed by atoms with Crippen LogP contribution in [0.1, 0.15) is 46.0 Å². The molecule has 0 bridgehead atoms. The van der Waals surface area contributed by atoms with Gasteiger partial charge in [0.25, 0.3) is 0 Å². The number of esters is 1. The van der Waals surface area contributed by atoms with Crippen molar-refractivity contribution in [1.82, 2.24) is 0 Å². The maximum atomic E-state index is 10.9. The van der Waals surface area contributed by atoms with Crippen molar-refractivity contribution in [2.45, 2.75) is 46.0 Å². The molecule has 0 aliphatic carbocycles. The first kappa shape index (κ1) is 12.0. The van der Waals surface area contributed by atoms with Crippen LogP contribution in [-0.4, -0.2) is 12.6 Å². The lowest BCUT2D eigenvalue weighted by atomic mass is 10.3. The molecule has 0 rings (SSSR count). The Labute approximate surface area is 80.7 Å². The van der Waals surface area contributed by atoms with Gasteiger partial charge in [-0.1, -0.05) is 13.8 Å². The van der Waals surface area contributed by atoms with Crippen LogP contribution >= 0.6 is 0 Å². The van der Waals surface area contributed by atoms with Crippen molar-refractivity contribution in [2.75, 3.05) is 6.61 Å². The van der Waals surface area contributed by atoms with Gasteiger partial charge in [-0.3, -0.25) is 4.79 Å². The summed E-state index contributed by atoms with van der Waals surface area (Å²) in [4.78, 5) is 10.9. The highest BCUT2D eigenvalue weighted by Crippen LogP contribution is 1.93. The van der Waals surface area contributed by atoms with E-state index in [9.17, 15) is 4.79 Å². The standard InChI is InChI=1S/C11H18O2/c1-3-5-6-7-8-9-11(12)13-10-4-2/h3-5,8-10H2,1-2H3. The van der Waals surface area contributed by atoms with Gasteiger partial charge < -0.3 is 4.74 Å². The minimum atomic E-state index is -0.132. The molecule has 0 saturated heterocycles. The van der Waals surface area contributed by atoms with Crippen LogP contribution in [0.3, 0.4) is 0 Å². The van der Waals surface area contributed by atoms with Crippen molar-refractivity contribution in [2.24, 2.45) is 0 Å². The van der Waals surface area contributed by atoms with Crippen LogP contribution in [0.5, 0.6) is 0 Å². The molecule has 0 aromatic heterocycles. The monoisotopic (exact) mass is 182 g/mol. The summed E-state index contributed by atoms with van der Waals surface area (Å²) in [6.07, 6.45) is 3.93. The van der Waals surface area contributed by atoms with Crippen molar-refractivity contribution in [3.63, 3.8) is 0 Å². The van der Waals surface area contributed by atoms with E-state index in [1.807, 2.05) is 6.92 Å². The van der Waals surface area contributed by atoms with E-state index in [1.54, 1.807) is 0 Å². The van der Waals surface area contributed by atoms with E-state index >= 15 is 0 Å². The molecule has 0 atom stereocenters. The number of carbonyl (C=O) groups is 1. The van der Waals surface area contributed by atoms with Gasteiger partial charge in [-0.15, -0.1) is 11.8 Å². The lowest BCUT2D eigenvalue weighted by molar-refractivity contribution is -0.143. The van der Waals surface area contributed by atoms with E-state index in [4.69, 9.17) is 4.74 Å². The van der Waals surface area contributed by atoms with Crippen LogP contribution < -0.4 is 0 Å². The Hall–Kier alpha value is -0.970. The SMILES string of the molecule is CCCC#CCCC(=O)OCCC. The summed E-state index contributed by atoms with van der Waals surface area (Å²) in [5.41, 5.74) is 0. The molecule has 0 unspecified atom stereocenters. The topological polar surface area (TPSA) is 26.3 Å². The van der Waals surface area contributed by atoms with Crippen LogP contribution in [0.25, 0.3) is 0 Å². The van der Waals surface area contributed by atoms with Gasteiger partial charge in [0.2, 0.25) is 0 Å². The van der Waals surface area contributed by atoms with Gasteiger partial charge in [0, 0.05) is 12.8 Å². The normalized spacial score (nSPS) is 8.77. The minimum absolute atomic E-state index is 0.132. The van der Waals surface area contributed by atoms with Crippen molar-refractivity contribution >= 4 is 5.97 Å². The second-order valence-corrected chi connectivity index (χ2v) is 2.82. The van der Waals surface area contributed by atoms with Gasteiger partial charge in [0.1, 0.15) is 0 Å². The lowest BCUT2D eigenvalue weighted by Gasteiger charge is -1.99. The van der Waals surface area contributed by atoms with Gasteiger partial charge in [-0.25, -0.2) is 0 Å². The van der Waals surface area contributed by atoms with E-state index in [-0.39, 0.29) is 5.97 Å². The second kappa shape index (κ2) is 9.12. The van der Waals surface area contributed by atoms with Gasteiger partial charge in [-0.2, -0.15) is 0 Å². The van der Waals surface area contributed by atoms with Gasteiger partial charge in [-0.05, 0) is 12.8 Å². The Bertz CT molecular complexity index is 186. The quantitative estimate of drug-likeness (QED) is 0.482. The Morgan fingerprint density at radius 1 is 1.15 bits per heavy atom. The Balaban J connectivity index is 3.32. The van der Waals surface area contributed by atoms with Crippen LogP contribution in [0, 0.1) is 11.8 Å². The van der Waals surface area contributed by atoms with Crippen molar-refractivity contribution < 1.29 is 9.53 Å². The number of unbranched alkanes of at least 4 members (excludes halogenated alkanes) is 1. The Kier molecular flexibility index (Phi) is 8.44. The number of hydrogen-bond donors (Lipinski definition) is 0. The second-order valence-electron chi connectivity index (χ2n) is 2.82. The highest BCUT2D eigenvalue weighted by atomic mass is 16.5. The van der Waals surface area contributed by atoms with Crippen LogP contribution in [0.15, 0.2) is 0 Å². The largest absolute Gasteiger partial charge is 0.466 e. The van der Waals surface area contributed by atoms with Crippen LogP contribution in [-0.2, 0) is 9.53 Å². The van der Waals surface area contributed by atoms with E-state index in [0.717, 1.165) is 19.3 Å². The molecule has 0 spiro atoms. The third kappa shape index (κ3) is 8.94. The number of ether oxygens (including phenoxy) is 1. The zero-order chi connectivity index (χ0) is 9.94.